The number of carbonyl (C=O) groups excluding carboxylic acids is 1. The molecule has 0 unspecified atom stereocenters. The number of aromatic nitrogens is 3. The van der Waals surface area contributed by atoms with Gasteiger partial charge in [0.25, 0.3) is 0 Å². The number of rotatable bonds is 5. The maximum atomic E-state index is 12.2. The predicted molar refractivity (Wildman–Crippen MR) is 65.3 cm³/mol. The minimum Gasteiger partial charge on any atom is -0.461 e. The lowest BCUT2D eigenvalue weighted by molar-refractivity contribution is 0.0516. The van der Waals surface area contributed by atoms with E-state index in [4.69, 9.17) is 4.74 Å². The van der Waals surface area contributed by atoms with Gasteiger partial charge in [-0.05, 0) is 13.3 Å². The van der Waals surface area contributed by atoms with Gasteiger partial charge in [-0.3, -0.25) is 4.39 Å². The van der Waals surface area contributed by atoms with Crippen LogP contribution in [0.2, 0.25) is 0 Å². The van der Waals surface area contributed by atoms with Crippen molar-refractivity contribution in [1.82, 2.24) is 15.0 Å². The molecule has 0 fully saturated rings. The van der Waals surface area contributed by atoms with Gasteiger partial charge in [-0.25, -0.2) is 9.48 Å². The van der Waals surface area contributed by atoms with Crippen molar-refractivity contribution in [1.29, 1.82) is 0 Å². The Morgan fingerprint density at radius 2 is 2.11 bits per heavy atom. The van der Waals surface area contributed by atoms with Crippen molar-refractivity contribution >= 4 is 5.97 Å². The molecule has 1 heterocycles. The second-order valence-electron chi connectivity index (χ2n) is 5.02. The quantitative estimate of drug-likeness (QED) is 0.758. The van der Waals surface area contributed by atoms with Crippen molar-refractivity contribution in [2.24, 2.45) is 0 Å². The molecule has 18 heavy (non-hydrogen) atoms. The zero-order chi connectivity index (χ0) is 13.8. The predicted octanol–water partition coefficient (Wildman–Crippen LogP) is 2.11. The summed E-state index contributed by atoms with van der Waals surface area (Å²) in [4.78, 5) is 11.8. The molecule has 0 radical (unpaired) electrons. The summed E-state index contributed by atoms with van der Waals surface area (Å²) in [5, 5.41) is 7.79. The number of ether oxygens (including phenoxy) is 1. The number of halogens is 1. The molecule has 0 N–H and O–H groups in total. The fourth-order valence-electron chi connectivity index (χ4n) is 1.76. The van der Waals surface area contributed by atoms with Crippen LogP contribution in [0, 0.1) is 0 Å². The normalized spacial score (nSPS) is 11.6. The Balaban J connectivity index is 3.11. The summed E-state index contributed by atoms with van der Waals surface area (Å²) < 4.78 is 18.8. The third kappa shape index (κ3) is 3.27. The first-order valence-corrected chi connectivity index (χ1v) is 6.08. The van der Waals surface area contributed by atoms with E-state index in [9.17, 15) is 9.18 Å². The molecule has 0 atom stereocenters. The molecule has 0 spiro atoms. The number of carbonyl (C=O) groups is 1. The first kappa shape index (κ1) is 14.6. The molecule has 0 aliphatic heterocycles. The van der Waals surface area contributed by atoms with Crippen LogP contribution in [0.25, 0.3) is 0 Å². The van der Waals surface area contributed by atoms with E-state index < -0.39 is 12.6 Å². The summed E-state index contributed by atoms with van der Waals surface area (Å²) in [6, 6.07) is 0. The number of aryl methyl sites for hydroxylation is 1. The lowest BCUT2D eigenvalue weighted by atomic mass is 9.90. The average Bonchev–Trinajstić information content (AvgIpc) is 2.70. The van der Waals surface area contributed by atoms with Gasteiger partial charge in [-0.2, -0.15) is 0 Å². The number of esters is 1. The van der Waals surface area contributed by atoms with Crippen molar-refractivity contribution in [3.05, 3.63) is 11.4 Å². The number of hydrogen-bond donors (Lipinski definition) is 0. The van der Waals surface area contributed by atoms with Gasteiger partial charge in [0.05, 0.1) is 19.0 Å². The third-order valence-corrected chi connectivity index (χ3v) is 2.42. The molecule has 0 saturated carbocycles. The largest absolute Gasteiger partial charge is 0.461 e. The van der Waals surface area contributed by atoms with Crippen LogP contribution in [0.15, 0.2) is 0 Å². The Kier molecular flexibility index (Phi) is 4.81. The lowest BCUT2D eigenvalue weighted by Crippen LogP contribution is -2.23. The van der Waals surface area contributed by atoms with Crippen molar-refractivity contribution < 1.29 is 13.9 Å². The van der Waals surface area contributed by atoms with Gasteiger partial charge in [-0.1, -0.05) is 26.0 Å². The van der Waals surface area contributed by atoms with Crippen LogP contribution in [-0.2, 0) is 16.7 Å². The molecular weight excluding hydrogens is 237 g/mol. The molecule has 102 valence electrons. The topological polar surface area (TPSA) is 57.0 Å². The maximum absolute atomic E-state index is 12.2. The second kappa shape index (κ2) is 5.93. The Morgan fingerprint density at radius 1 is 1.44 bits per heavy atom. The molecule has 0 amide bonds. The van der Waals surface area contributed by atoms with Gasteiger partial charge in [-0.15, -0.1) is 5.10 Å². The first-order chi connectivity index (χ1) is 8.41. The molecule has 1 aromatic rings. The molecule has 0 aliphatic rings. The molecule has 0 aliphatic carbocycles. The van der Waals surface area contributed by atoms with E-state index in [2.05, 4.69) is 10.3 Å². The first-order valence-electron chi connectivity index (χ1n) is 6.08. The number of alkyl halides is 1. The van der Waals surface area contributed by atoms with E-state index in [0.717, 1.165) is 0 Å². The van der Waals surface area contributed by atoms with E-state index >= 15 is 0 Å². The molecule has 6 heteroatoms. The Hall–Kier alpha value is -1.46. The van der Waals surface area contributed by atoms with Crippen LogP contribution in [0.5, 0.6) is 0 Å². The van der Waals surface area contributed by atoms with Gasteiger partial charge in [0.1, 0.15) is 0 Å². The molecule has 5 nitrogen and oxygen atoms in total. The number of nitrogens with zero attached hydrogens (tertiary/aromatic N) is 3. The summed E-state index contributed by atoms with van der Waals surface area (Å²) >= 11 is 0. The monoisotopic (exact) mass is 257 g/mol. The van der Waals surface area contributed by atoms with E-state index in [1.807, 2.05) is 20.8 Å². The van der Waals surface area contributed by atoms with Crippen molar-refractivity contribution in [2.75, 3.05) is 13.3 Å². The van der Waals surface area contributed by atoms with Crippen LogP contribution in [0.3, 0.4) is 0 Å². The van der Waals surface area contributed by atoms with Gasteiger partial charge in [0.15, 0.2) is 5.69 Å². The fourth-order valence-corrected chi connectivity index (χ4v) is 1.76. The van der Waals surface area contributed by atoms with E-state index in [1.54, 1.807) is 11.6 Å². The molecule has 0 saturated heterocycles. The summed E-state index contributed by atoms with van der Waals surface area (Å²) in [5.74, 6) is -0.478. The third-order valence-electron chi connectivity index (χ3n) is 2.42. The highest BCUT2D eigenvalue weighted by Crippen LogP contribution is 2.25. The van der Waals surface area contributed by atoms with E-state index in [-0.39, 0.29) is 11.1 Å². The fraction of sp³-hybridized carbons (Fsp3) is 0.750. The zero-order valence-electron chi connectivity index (χ0n) is 11.4. The standard InChI is InChI=1S/C12H20FN3O2/c1-5-18-11(17)9-10(12(2,3)4)16(15-14-9)8-6-7-13/h5-8H2,1-4H3. The maximum Gasteiger partial charge on any atom is 0.360 e. The van der Waals surface area contributed by atoms with Gasteiger partial charge in [0.2, 0.25) is 0 Å². The van der Waals surface area contributed by atoms with Crippen molar-refractivity contribution in [3.8, 4) is 0 Å². The van der Waals surface area contributed by atoms with Crippen LogP contribution < -0.4 is 0 Å². The Labute approximate surface area is 106 Å². The van der Waals surface area contributed by atoms with Gasteiger partial charge >= 0.3 is 5.97 Å². The highest BCUT2D eigenvalue weighted by molar-refractivity contribution is 5.88. The summed E-state index contributed by atoms with van der Waals surface area (Å²) in [6.07, 6.45) is 0.356. The van der Waals surface area contributed by atoms with Crippen molar-refractivity contribution in [2.45, 2.75) is 46.1 Å². The smallest absolute Gasteiger partial charge is 0.360 e. The zero-order valence-corrected chi connectivity index (χ0v) is 11.4. The highest BCUT2D eigenvalue weighted by Gasteiger charge is 2.29. The summed E-state index contributed by atoms with van der Waals surface area (Å²) in [6.45, 7) is 7.90. The van der Waals surface area contributed by atoms with E-state index in [1.165, 1.54) is 0 Å². The molecule has 0 aromatic carbocycles. The number of hydrogen-bond acceptors (Lipinski definition) is 4. The molecule has 1 aromatic heterocycles. The minimum atomic E-state index is -0.478. The van der Waals surface area contributed by atoms with Crippen LogP contribution >= 0.6 is 0 Å². The molecular formula is C12H20FN3O2. The SMILES string of the molecule is CCOC(=O)c1nnn(CCCF)c1C(C)(C)C. The van der Waals surface area contributed by atoms with E-state index in [0.29, 0.717) is 25.3 Å². The van der Waals surface area contributed by atoms with Crippen molar-refractivity contribution in [3.63, 3.8) is 0 Å². The molecule has 1 rings (SSSR count). The average molecular weight is 257 g/mol. The highest BCUT2D eigenvalue weighted by atomic mass is 19.1. The Morgan fingerprint density at radius 3 is 2.61 bits per heavy atom. The summed E-state index contributed by atoms with van der Waals surface area (Å²) in [5.41, 5.74) is 0.611. The molecule has 0 bridgehead atoms. The van der Waals surface area contributed by atoms with Crippen LogP contribution in [-0.4, -0.2) is 34.2 Å². The Bertz CT molecular complexity index is 410. The van der Waals surface area contributed by atoms with Gasteiger partial charge in [0, 0.05) is 12.0 Å². The van der Waals surface area contributed by atoms with Crippen LogP contribution in [0.1, 0.15) is 50.3 Å². The summed E-state index contributed by atoms with van der Waals surface area (Å²) in [7, 11) is 0. The minimum absolute atomic E-state index is 0.225. The van der Waals surface area contributed by atoms with Crippen LogP contribution in [0.4, 0.5) is 4.39 Å². The lowest BCUT2D eigenvalue weighted by Gasteiger charge is -2.20. The second-order valence-corrected chi connectivity index (χ2v) is 5.02. The van der Waals surface area contributed by atoms with Gasteiger partial charge < -0.3 is 4.74 Å².